The number of aliphatic hydroxyl groups excluding tert-OH is 1. The third kappa shape index (κ3) is 3.94. The minimum atomic E-state index is -4.25. The number of hydrogen-bond acceptors (Lipinski definition) is 4. The summed E-state index contributed by atoms with van der Waals surface area (Å²) in [5.41, 5.74) is 4.81. The predicted molar refractivity (Wildman–Crippen MR) is 122 cm³/mol. The first kappa shape index (κ1) is 24.0. The predicted octanol–water partition coefficient (Wildman–Crippen LogP) is 6.35. The molecule has 1 N–H and O–H groups in total. The van der Waals surface area contributed by atoms with E-state index in [0.29, 0.717) is 32.5 Å². The van der Waals surface area contributed by atoms with Crippen molar-refractivity contribution in [3.8, 4) is 0 Å². The molecule has 7 heteroatoms. The summed E-state index contributed by atoms with van der Waals surface area (Å²) < 4.78 is 52.3. The molecule has 1 saturated heterocycles. The smallest absolute Gasteiger partial charge is 0.388 e. The van der Waals surface area contributed by atoms with Crippen molar-refractivity contribution in [3.63, 3.8) is 0 Å². The fraction of sp³-hybridized carbons (Fsp3) is 0.667. The molecule has 0 amide bonds. The number of alkyl halides is 3. The number of ether oxygens (including phenoxy) is 2. The molecule has 34 heavy (non-hydrogen) atoms. The first-order chi connectivity index (χ1) is 15.9. The van der Waals surface area contributed by atoms with E-state index in [1.807, 2.05) is 0 Å². The van der Waals surface area contributed by atoms with Crippen LogP contribution in [0.3, 0.4) is 0 Å². The highest BCUT2D eigenvalue weighted by Crippen LogP contribution is 2.58. The van der Waals surface area contributed by atoms with Crippen molar-refractivity contribution in [1.29, 1.82) is 0 Å². The molecule has 3 atom stereocenters. The quantitative estimate of drug-likeness (QED) is 0.539. The third-order valence-electron chi connectivity index (χ3n) is 7.87. The Hall–Kier alpha value is -1.70. The molecule has 1 spiro atoms. The van der Waals surface area contributed by atoms with Crippen molar-refractivity contribution in [2.24, 2.45) is 11.3 Å². The van der Waals surface area contributed by atoms with E-state index in [1.54, 1.807) is 12.2 Å². The number of halogens is 3. The summed E-state index contributed by atoms with van der Waals surface area (Å²) >= 11 is 0. The monoisotopic (exact) mass is 477 g/mol. The van der Waals surface area contributed by atoms with Crippen LogP contribution in [0.5, 0.6) is 0 Å². The second-order valence-electron chi connectivity index (χ2n) is 11.4. The average Bonchev–Trinajstić information content (AvgIpc) is 3.06. The fourth-order valence-electron chi connectivity index (χ4n) is 6.25. The molecular formula is C27H34F3NO3. The van der Waals surface area contributed by atoms with Gasteiger partial charge in [0.05, 0.1) is 17.6 Å². The SMILES string of the molecule is CC(C)c1nc2c(c3c1C(C1=CCC(C(F)(F)F)C=C1)OC31CCOCC1)C(O)CC(C)(C)C2. The summed E-state index contributed by atoms with van der Waals surface area (Å²) in [6, 6.07) is 0. The number of allylic oxidation sites excluding steroid dienone is 2. The summed E-state index contributed by atoms with van der Waals surface area (Å²) in [5, 5.41) is 11.3. The van der Waals surface area contributed by atoms with Crippen LogP contribution in [0, 0.1) is 11.3 Å². The second kappa shape index (κ2) is 8.17. The molecular weight excluding hydrogens is 443 g/mol. The van der Waals surface area contributed by atoms with Gasteiger partial charge in [0.1, 0.15) is 6.10 Å². The maximum atomic E-state index is 13.3. The molecule has 0 saturated carbocycles. The van der Waals surface area contributed by atoms with Gasteiger partial charge in [0, 0.05) is 48.6 Å². The van der Waals surface area contributed by atoms with Gasteiger partial charge in [0.2, 0.25) is 0 Å². The highest BCUT2D eigenvalue weighted by Gasteiger charge is 2.52. The Balaban J connectivity index is 1.69. The van der Waals surface area contributed by atoms with Gasteiger partial charge in [0.15, 0.2) is 0 Å². The maximum Gasteiger partial charge on any atom is 0.395 e. The molecule has 2 aliphatic heterocycles. The zero-order chi connectivity index (χ0) is 24.5. The molecule has 3 unspecified atom stereocenters. The third-order valence-corrected chi connectivity index (χ3v) is 7.87. The Bertz CT molecular complexity index is 1030. The zero-order valence-electron chi connectivity index (χ0n) is 20.3. The largest absolute Gasteiger partial charge is 0.395 e. The van der Waals surface area contributed by atoms with Gasteiger partial charge >= 0.3 is 6.18 Å². The number of aliphatic hydroxyl groups is 1. The Morgan fingerprint density at radius 2 is 1.85 bits per heavy atom. The number of aromatic nitrogens is 1. The lowest BCUT2D eigenvalue weighted by Gasteiger charge is -2.40. The van der Waals surface area contributed by atoms with E-state index < -0.39 is 29.9 Å². The lowest BCUT2D eigenvalue weighted by Crippen LogP contribution is -2.37. The summed E-state index contributed by atoms with van der Waals surface area (Å²) in [6.07, 6.45) is 1.76. The molecule has 1 fully saturated rings. The number of pyridine rings is 1. The summed E-state index contributed by atoms with van der Waals surface area (Å²) in [7, 11) is 0. The highest BCUT2D eigenvalue weighted by atomic mass is 19.4. The van der Waals surface area contributed by atoms with Crippen LogP contribution in [0.2, 0.25) is 0 Å². The minimum Gasteiger partial charge on any atom is -0.388 e. The summed E-state index contributed by atoms with van der Waals surface area (Å²) in [4.78, 5) is 5.11. The number of nitrogens with zero attached hydrogens (tertiary/aromatic N) is 1. The normalized spacial score (nSPS) is 29.8. The molecule has 0 bridgehead atoms. The van der Waals surface area contributed by atoms with Crippen LogP contribution in [0.1, 0.15) is 99.6 Å². The highest BCUT2D eigenvalue weighted by molar-refractivity contribution is 5.55. The van der Waals surface area contributed by atoms with Gasteiger partial charge < -0.3 is 14.6 Å². The van der Waals surface area contributed by atoms with Gasteiger partial charge in [-0.1, -0.05) is 45.9 Å². The Labute approximate surface area is 199 Å². The molecule has 2 aliphatic carbocycles. The number of hydrogen-bond donors (Lipinski definition) is 1. The van der Waals surface area contributed by atoms with Crippen LogP contribution >= 0.6 is 0 Å². The molecule has 4 nitrogen and oxygen atoms in total. The van der Waals surface area contributed by atoms with E-state index in [1.165, 1.54) is 6.08 Å². The van der Waals surface area contributed by atoms with E-state index in [9.17, 15) is 18.3 Å². The number of fused-ring (bicyclic) bond motifs is 4. The van der Waals surface area contributed by atoms with Gasteiger partial charge in [-0.2, -0.15) is 13.2 Å². The molecule has 0 aromatic carbocycles. The summed E-state index contributed by atoms with van der Waals surface area (Å²) in [5.74, 6) is -1.36. The molecule has 0 radical (unpaired) electrons. The summed E-state index contributed by atoms with van der Waals surface area (Å²) in [6.45, 7) is 9.59. The van der Waals surface area contributed by atoms with Gasteiger partial charge in [-0.25, -0.2) is 0 Å². The van der Waals surface area contributed by atoms with Gasteiger partial charge in [-0.15, -0.1) is 0 Å². The van der Waals surface area contributed by atoms with Crippen molar-refractivity contribution in [1.82, 2.24) is 4.98 Å². The lowest BCUT2D eigenvalue weighted by atomic mass is 9.69. The molecule has 5 rings (SSSR count). The van der Waals surface area contributed by atoms with Crippen molar-refractivity contribution in [3.05, 3.63) is 51.9 Å². The molecule has 1 aromatic heterocycles. The van der Waals surface area contributed by atoms with E-state index in [-0.39, 0.29) is 17.8 Å². The van der Waals surface area contributed by atoms with Gasteiger partial charge in [-0.3, -0.25) is 4.98 Å². The topological polar surface area (TPSA) is 51.6 Å². The number of rotatable bonds is 2. The van der Waals surface area contributed by atoms with Gasteiger partial charge in [0.25, 0.3) is 0 Å². The van der Waals surface area contributed by atoms with E-state index >= 15 is 0 Å². The fourth-order valence-corrected chi connectivity index (χ4v) is 6.25. The van der Waals surface area contributed by atoms with Gasteiger partial charge in [-0.05, 0) is 41.7 Å². The van der Waals surface area contributed by atoms with Crippen molar-refractivity contribution in [2.45, 2.75) is 89.7 Å². The van der Waals surface area contributed by atoms with Crippen molar-refractivity contribution in [2.75, 3.05) is 13.2 Å². The van der Waals surface area contributed by atoms with Crippen LogP contribution in [0.4, 0.5) is 13.2 Å². The standard InChI is InChI=1S/C27H34F3NO3/c1-15(2)23-21-22(20-18(31-23)13-25(3,4)14-19(20)32)26(9-11-33-12-10-26)34-24(21)16-5-7-17(8-6-16)27(28,29)30/h5-7,15,17,19,24,32H,8-14H2,1-4H3. The van der Waals surface area contributed by atoms with Crippen LogP contribution < -0.4 is 0 Å². The maximum absolute atomic E-state index is 13.3. The minimum absolute atomic E-state index is 0.0646. The lowest BCUT2D eigenvalue weighted by molar-refractivity contribution is -0.160. The van der Waals surface area contributed by atoms with Crippen LogP contribution in [-0.2, 0) is 21.5 Å². The van der Waals surface area contributed by atoms with Crippen LogP contribution in [0.15, 0.2) is 23.8 Å². The van der Waals surface area contributed by atoms with Crippen LogP contribution in [0.25, 0.3) is 0 Å². The average molecular weight is 478 g/mol. The molecule has 3 heterocycles. The van der Waals surface area contributed by atoms with E-state index in [2.05, 4.69) is 27.7 Å². The van der Waals surface area contributed by atoms with Crippen LogP contribution in [-0.4, -0.2) is 29.5 Å². The second-order valence-corrected chi connectivity index (χ2v) is 11.4. The molecule has 186 valence electrons. The van der Waals surface area contributed by atoms with E-state index in [4.69, 9.17) is 14.5 Å². The van der Waals surface area contributed by atoms with E-state index in [0.717, 1.165) is 40.1 Å². The Morgan fingerprint density at radius 3 is 2.44 bits per heavy atom. The first-order valence-electron chi connectivity index (χ1n) is 12.4. The van der Waals surface area contributed by atoms with Crippen molar-refractivity contribution >= 4 is 0 Å². The zero-order valence-corrected chi connectivity index (χ0v) is 20.3. The molecule has 1 aromatic rings. The Kier molecular flexibility index (Phi) is 5.77. The Morgan fingerprint density at radius 1 is 1.15 bits per heavy atom. The molecule has 4 aliphatic rings. The first-order valence-corrected chi connectivity index (χ1v) is 12.4. The van der Waals surface area contributed by atoms with Crippen molar-refractivity contribution < 1.29 is 27.8 Å².